The lowest BCUT2D eigenvalue weighted by Gasteiger charge is -1.98. The molecule has 8 heteroatoms. The van der Waals surface area contributed by atoms with Crippen molar-refractivity contribution in [3.05, 3.63) is 70.0 Å². The number of para-hydroxylation sites is 2. The van der Waals surface area contributed by atoms with Gasteiger partial charge in [-0.3, -0.25) is 14.9 Å². The maximum Gasteiger partial charge on any atom is 0.271 e. The van der Waals surface area contributed by atoms with Gasteiger partial charge in [-0.25, -0.2) is 10.4 Å². The largest absolute Gasteiger partial charge is 0.337 e. The number of carbonyl (C=O) groups excluding carboxylic acids is 1. The molecule has 23 heavy (non-hydrogen) atoms. The zero-order valence-corrected chi connectivity index (χ0v) is 11.8. The highest BCUT2D eigenvalue weighted by Gasteiger charge is 2.08. The number of aromatic amines is 1. The van der Waals surface area contributed by atoms with Crippen molar-refractivity contribution in [2.45, 2.75) is 0 Å². The van der Waals surface area contributed by atoms with Gasteiger partial charge in [-0.15, -0.1) is 0 Å². The number of amides is 1. The van der Waals surface area contributed by atoms with E-state index in [9.17, 15) is 14.9 Å². The molecule has 0 aliphatic carbocycles. The molecule has 1 amide bonds. The number of hydrazone groups is 1. The summed E-state index contributed by atoms with van der Waals surface area (Å²) in [6.07, 6.45) is 1.39. The molecule has 0 bridgehead atoms. The fraction of sp³-hybridized carbons (Fsp3) is 0. The minimum absolute atomic E-state index is 0.0765. The third-order valence-corrected chi connectivity index (χ3v) is 3.10. The molecule has 1 aromatic heterocycles. The number of fused-ring (bicyclic) bond motifs is 1. The summed E-state index contributed by atoms with van der Waals surface area (Å²) in [6, 6.07) is 12.8. The van der Waals surface area contributed by atoms with Gasteiger partial charge in [-0.05, 0) is 24.3 Å². The van der Waals surface area contributed by atoms with Gasteiger partial charge in [-0.2, -0.15) is 5.10 Å². The van der Waals surface area contributed by atoms with Gasteiger partial charge in [0.15, 0.2) is 5.82 Å². The van der Waals surface area contributed by atoms with Crippen LogP contribution in [-0.2, 0) is 0 Å². The normalized spacial score (nSPS) is 11.0. The van der Waals surface area contributed by atoms with Gasteiger partial charge in [0.05, 0.1) is 22.2 Å². The van der Waals surface area contributed by atoms with Crippen LogP contribution in [0.15, 0.2) is 53.6 Å². The standard InChI is InChI=1S/C15H11N5O3/c21-15(10-5-7-11(8-6-10)20(22)23)19-16-9-14-17-12-3-1-2-4-13(12)18-14/h1-9H,(H,17,18)(H,19,21)/b16-9-. The highest BCUT2D eigenvalue weighted by molar-refractivity contribution is 5.95. The molecule has 0 aliphatic heterocycles. The van der Waals surface area contributed by atoms with Crippen molar-refractivity contribution in [3.63, 3.8) is 0 Å². The van der Waals surface area contributed by atoms with Gasteiger partial charge in [0.2, 0.25) is 0 Å². The number of H-pyrrole nitrogens is 1. The Hall–Kier alpha value is -3.55. The molecule has 0 saturated carbocycles. The maximum absolute atomic E-state index is 11.9. The van der Waals surface area contributed by atoms with Gasteiger partial charge in [0.1, 0.15) is 0 Å². The average Bonchev–Trinajstić information content (AvgIpc) is 2.97. The Morgan fingerprint density at radius 1 is 1.22 bits per heavy atom. The number of non-ortho nitro benzene ring substituents is 1. The van der Waals surface area contributed by atoms with Crippen molar-refractivity contribution >= 4 is 28.8 Å². The van der Waals surface area contributed by atoms with Gasteiger partial charge in [0, 0.05) is 17.7 Å². The summed E-state index contributed by atoms with van der Waals surface area (Å²) in [6.45, 7) is 0. The lowest BCUT2D eigenvalue weighted by Crippen LogP contribution is -2.17. The van der Waals surface area contributed by atoms with Crippen molar-refractivity contribution in [2.24, 2.45) is 5.10 Å². The second-order valence-corrected chi connectivity index (χ2v) is 4.64. The average molecular weight is 309 g/mol. The van der Waals surface area contributed by atoms with Crippen LogP contribution in [-0.4, -0.2) is 27.0 Å². The van der Waals surface area contributed by atoms with Crippen molar-refractivity contribution in [2.75, 3.05) is 0 Å². The number of rotatable bonds is 4. The fourth-order valence-electron chi connectivity index (χ4n) is 1.98. The zero-order valence-electron chi connectivity index (χ0n) is 11.8. The zero-order chi connectivity index (χ0) is 16.2. The number of nitrogens with zero attached hydrogens (tertiary/aromatic N) is 3. The monoisotopic (exact) mass is 309 g/mol. The fourth-order valence-corrected chi connectivity index (χ4v) is 1.98. The summed E-state index contributed by atoms with van der Waals surface area (Å²) in [7, 11) is 0. The molecule has 2 aromatic carbocycles. The number of carbonyl (C=O) groups is 1. The Morgan fingerprint density at radius 2 is 1.96 bits per heavy atom. The summed E-state index contributed by atoms with van der Waals surface area (Å²) in [4.78, 5) is 29.2. The van der Waals surface area contributed by atoms with E-state index in [0.29, 0.717) is 5.82 Å². The molecule has 0 aliphatic rings. The lowest BCUT2D eigenvalue weighted by atomic mass is 10.2. The molecule has 1 heterocycles. The van der Waals surface area contributed by atoms with Crippen LogP contribution in [0.2, 0.25) is 0 Å². The summed E-state index contributed by atoms with van der Waals surface area (Å²) in [5, 5.41) is 14.4. The first kappa shape index (κ1) is 14.4. The van der Waals surface area contributed by atoms with Gasteiger partial charge in [-0.1, -0.05) is 12.1 Å². The van der Waals surface area contributed by atoms with Crippen LogP contribution in [0.1, 0.15) is 16.2 Å². The third kappa shape index (κ3) is 3.21. The SMILES string of the molecule is O=C(N/N=C\c1nc2ccccc2[nH]1)c1ccc([N+](=O)[O-])cc1. The molecule has 0 fully saturated rings. The van der Waals surface area contributed by atoms with E-state index in [1.54, 1.807) is 0 Å². The third-order valence-electron chi connectivity index (χ3n) is 3.10. The molecule has 0 atom stereocenters. The number of hydrogen-bond acceptors (Lipinski definition) is 5. The Morgan fingerprint density at radius 3 is 2.65 bits per heavy atom. The number of nitro groups is 1. The van der Waals surface area contributed by atoms with E-state index in [-0.39, 0.29) is 11.3 Å². The quantitative estimate of drug-likeness (QED) is 0.437. The molecule has 0 spiro atoms. The van der Waals surface area contributed by atoms with Crippen LogP contribution >= 0.6 is 0 Å². The first-order chi connectivity index (χ1) is 11.1. The predicted octanol–water partition coefficient (Wildman–Crippen LogP) is 2.24. The molecule has 3 rings (SSSR count). The molecule has 2 N–H and O–H groups in total. The van der Waals surface area contributed by atoms with Crippen molar-refractivity contribution in [1.29, 1.82) is 0 Å². The molecule has 0 radical (unpaired) electrons. The van der Waals surface area contributed by atoms with E-state index < -0.39 is 10.8 Å². The Kier molecular flexibility index (Phi) is 3.79. The summed E-state index contributed by atoms with van der Waals surface area (Å²) >= 11 is 0. The number of aromatic nitrogens is 2. The minimum atomic E-state index is -0.526. The highest BCUT2D eigenvalue weighted by atomic mass is 16.6. The summed E-state index contributed by atoms with van der Waals surface area (Å²) < 4.78 is 0. The Bertz CT molecular complexity index is 866. The summed E-state index contributed by atoms with van der Waals surface area (Å²) in [5.74, 6) is 0.0439. The van der Waals surface area contributed by atoms with Gasteiger partial charge >= 0.3 is 0 Å². The maximum atomic E-state index is 11.9. The number of imidazole rings is 1. The molecule has 0 saturated heterocycles. The van der Waals surface area contributed by atoms with E-state index in [0.717, 1.165) is 11.0 Å². The number of nitro benzene ring substituents is 1. The van der Waals surface area contributed by atoms with Crippen LogP contribution in [0.5, 0.6) is 0 Å². The first-order valence-electron chi connectivity index (χ1n) is 6.66. The molecule has 0 unspecified atom stereocenters. The predicted molar refractivity (Wildman–Crippen MR) is 84.3 cm³/mol. The highest BCUT2D eigenvalue weighted by Crippen LogP contribution is 2.12. The van der Waals surface area contributed by atoms with Gasteiger partial charge in [0.25, 0.3) is 11.6 Å². The van der Waals surface area contributed by atoms with E-state index in [1.807, 2.05) is 24.3 Å². The van der Waals surface area contributed by atoms with E-state index in [4.69, 9.17) is 0 Å². The molecule has 8 nitrogen and oxygen atoms in total. The second kappa shape index (κ2) is 6.06. The Labute approximate surface area is 130 Å². The topological polar surface area (TPSA) is 113 Å². The number of nitrogens with one attached hydrogen (secondary N) is 2. The molecular weight excluding hydrogens is 298 g/mol. The van der Waals surface area contributed by atoms with E-state index >= 15 is 0 Å². The van der Waals surface area contributed by atoms with Crippen LogP contribution in [0, 0.1) is 10.1 Å². The lowest BCUT2D eigenvalue weighted by molar-refractivity contribution is -0.384. The van der Waals surface area contributed by atoms with Crippen LogP contribution in [0.25, 0.3) is 11.0 Å². The molecule has 114 valence electrons. The van der Waals surface area contributed by atoms with Crippen molar-refractivity contribution in [1.82, 2.24) is 15.4 Å². The Balaban J connectivity index is 1.67. The van der Waals surface area contributed by atoms with E-state index in [2.05, 4.69) is 20.5 Å². The molecule has 3 aromatic rings. The van der Waals surface area contributed by atoms with Crippen molar-refractivity contribution < 1.29 is 9.72 Å². The minimum Gasteiger partial charge on any atom is -0.337 e. The first-order valence-corrected chi connectivity index (χ1v) is 6.66. The smallest absolute Gasteiger partial charge is 0.271 e. The number of benzene rings is 2. The van der Waals surface area contributed by atoms with Crippen LogP contribution < -0.4 is 5.43 Å². The van der Waals surface area contributed by atoms with Gasteiger partial charge < -0.3 is 4.98 Å². The number of hydrogen-bond donors (Lipinski definition) is 2. The van der Waals surface area contributed by atoms with Crippen LogP contribution in [0.3, 0.4) is 0 Å². The van der Waals surface area contributed by atoms with E-state index in [1.165, 1.54) is 30.5 Å². The summed E-state index contributed by atoms with van der Waals surface area (Å²) in [5.41, 5.74) is 4.21. The molecular formula is C15H11N5O3. The van der Waals surface area contributed by atoms with Crippen LogP contribution in [0.4, 0.5) is 5.69 Å². The second-order valence-electron chi connectivity index (χ2n) is 4.64. The van der Waals surface area contributed by atoms with Crippen molar-refractivity contribution in [3.8, 4) is 0 Å².